The molecule has 0 bridgehead atoms. The molecule has 1 spiro atoms. The third-order valence-corrected chi connectivity index (χ3v) is 4.45. The Bertz CT molecular complexity index is 581. The van der Waals surface area contributed by atoms with Crippen LogP contribution >= 0.6 is 0 Å². The van der Waals surface area contributed by atoms with Crippen LogP contribution in [0, 0.1) is 5.41 Å². The second-order valence-electron chi connectivity index (χ2n) is 6.72. The summed E-state index contributed by atoms with van der Waals surface area (Å²) in [7, 11) is 0. The second kappa shape index (κ2) is 5.30. The Kier molecular flexibility index (Phi) is 3.58. The molecule has 0 unspecified atom stereocenters. The first kappa shape index (κ1) is 14.9. The molecule has 0 aromatic carbocycles. The highest BCUT2D eigenvalue weighted by atomic mass is 16.2. The zero-order valence-corrected chi connectivity index (χ0v) is 13.3. The minimum Gasteiger partial charge on any atom is -0.338 e. The number of nitrogens with zero attached hydrogens (tertiary/aromatic N) is 3. The Balaban J connectivity index is 1.51. The van der Waals surface area contributed by atoms with E-state index in [1.165, 1.54) is 0 Å². The first-order valence-corrected chi connectivity index (χ1v) is 7.81. The molecule has 0 saturated carbocycles. The van der Waals surface area contributed by atoms with Crippen molar-refractivity contribution in [1.29, 1.82) is 0 Å². The summed E-state index contributed by atoms with van der Waals surface area (Å²) < 4.78 is 0. The first-order chi connectivity index (χ1) is 10.4. The molecule has 2 fully saturated rings. The summed E-state index contributed by atoms with van der Waals surface area (Å²) in [5.41, 5.74) is 1.57. The molecule has 7 nitrogen and oxygen atoms in total. The van der Waals surface area contributed by atoms with Gasteiger partial charge in [0.2, 0.25) is 0 Å². The molecule has 22 heavy (non-hydrogen) atoms. The molecule has 3 amide bonds. The molecule has 7 heteroatoms. The molecule has 120 valence electrons. The van der Waals surface area contributed by atoms with E-state index in [-0.39, 0.29) is 17.4 Å². The maximum atomic E-state index is 12.4. The molecule has 3 rings (SSSR count). The van der Waals surface area contributed by atoms with Crippen LogP contribution in [0.1, 0.15) is 42.9 Å². The maximum Gasteiger partial charge on any atom is 0.317 e. The van der Waals surface area contributed by atoms with E-state index in [4.69, 9.17) is 0 Å². The summed E-state index contributed by atoms with van der Waals surface area (Å²) in [5.74, 6) is 0.305. The monoisotopic (exact) mass is 305 g/mol. The topological polar surface area (TPSA) is 81.3 Å². The predicted molar refractivity (Wildman–Crippen MR) is 81.7 cm³/mol. The highest BCUT2D eigenvalue weighted by Gasteiger charge is 2.54. The van der Waals surface area contributed by atoms with Gasteiger partial charge in [0.1, 0.15) is 5.69 Å². The van der Waals surface area contributed by atoms with E-state index < -0.39 is 0 Å². The number of hydrogen-bond acceptors (Lipinski definition) is 3. The van der Waals surface area contributed by atoms with Crippen LogP contribution < -0.4 is 5.32 Å². The Morgan fingerprint density at radius 1 is 1.32 bits per heavy atom. The van der Waals surface area contributed by atoms with Gasteiger partial charge in [-0.3, -0.25) is 9.89 Å². The van der Waals surface area contributed by atoms with Crippen molar-refractivity contribution in [1.82, 2.24) is 25.3 Å². The number of hydrogen-bond donors (Lipinski definition) is 2. The zero-order chi connectivity index (χ0) is 15.9. The lowest BCUT2D eigenvalue weighted by Gasteiger charge is -2.59. The molecule has 1 aromatic heterocycles. The van der Waals surface area contributed by atoms with Gasteiger partial charge in [-0.15, -0.1) is 0 Å². The summed E-state index contributed by atoms with van der Waals surface area (Å²) in [4.78, 5) is 27.7. The normalized spacial score (nSPS) is 19.1. The predicted octanol–water partition coefficient (Wildman–Crippen LogP) is 1.02. The zero-order valence-electron chi connectivity index (χ0n) is 13.3. The molecule has 0 radical (unpaired) electrons. The fourth-order valence-corrected chi connectivity index (χ4v) is 3.18. The third-order valence-electron chi connectivity index (χ3n) is 4.45. The Hall–Kier alpha value is -2.05. The lowest BCUT2D eigenvalue weighted by molar-refractivity contribution is -0.0779. The standard InChI is InChI=1S/C15H23N5O2/c1-4-16-14(22)20-8-15(9-20)6-19(7-15)13(21)12-5-11(10(2)3)17-18-12/h5,10H,4,6-9H2,1-3H3,(H,16,22)(H,17,18). The number of nitrogens with one attached hydrogen (secondary N) is 2. The fraction of sp³-hybridized carbons (Fsp3) is 0.667. The van der Waals surface area contributed by atoms with E-state index in [2.05, 4.69) is 29.4 Å². The molecule has 0 aliphatic carbocycles. The van der Waals surface area contributed by atoms with Gasteiger partial charge in [0.25, 0.3) is 5.91 Å². The molecule has 3 heterocycles. The van der Waals surface area contributed by atoms with Crippen molar-refractivity contribution in [3.63, 3.8) is 0 Å². The minimum atomic E-state index is -0.0229. The molecule has 2 aliphatic heterocycles. The second-order valence-corrected chi connectivity index (χ2v) is 6.72. The van der Waals surface area contributed by atoms with Crippen molar-refractivity contribution < 1.29 is 9.59 Å². The van der Waals surface area contributed by atoms with Crippen LogP contribution in [-0.2, 0) is 0 Å². The Morgan fingerprint density at radius 2 is 1.95 bits per heavy atom. The molecule has 0 atom stereocenters. The van der Waals surface area contributed by atoms with E-state index in [0.29, 0.717) is 31.2 Å². The lowest BCUT2D eigenvalue weighted by atomic mass is 9.73. The molecule has 2 aliphatic rings. The van der Waals surface area contributed by atoms with Crippen LogP contribution in [0.2, 0.25) is 0 Å². The van der Waals surface area contributed by atoms with E-state index in [9.17, 15) is 9.59 Å². The highest BCUT2D eigenvalue weighted by Crippen LogP contribution is 2.40. The average molecular weight is 305 g/mol. The van der Waals surface area contributed by atoms with E-state index in [0.717, 1.165) is 18.8 Å². The summed E-state index contributed by atoms with van der Waals surface area (Å²) in [6.45, 7) is 9.57. The molecular formula is C15H23N5O2. The van der Waals surface area contributed by atoms with Gasteiger partial charge < -0.3 is 15.1 Å². The van der Waals surface area contributed by atoms with Crippen LogP contribution in [0.3, 0.4) is 0 Å². The largest absolute Gasteiger partial charge is 0.338 e. The van der Waals surface area contributed by atoms with Crippen LogP contribution in [-0.4, -0.2) is 64.7 Å². The number of carbonyl (C=O) groups excluding carboxylic acids is 2. The number of amides is 3. The number of aromatic amines is 1. The van der Waals surface area contributed by atoms with Gasteiger partial charge in [-0.25, -0.2) is 4.79 Å². The van der Waals surface area contributed by atoms with Crippen LogP contribution in [0.5, 0.6) is 0 Å². The number of rotatable bonds is 3. The van der Waals surface area contributed by atoms with Crippen molar-refractivity contribution in [2.45, 2.75) is 26.7 Å². The van der Waals surface area contributed by atoms with Crippen LogP contribution in [0.15, 0.2) is 6.07 Å². The Labute approximate surface area is 130 Å². The van der Waals surface area contributed by atoms with E-state index in [1.807, 2.05) is 17.9 Å². The van der Waals surface area contributed by atoms with Crippen LogP contribution in [0.4, 0.5) is 4.79 Å². The molecule has 1 aromatic rings. The quantitative estimate of drug-likeness (QED) is 0.875. The molecule has 2 saturated heterocycles. The number of H-pyrrole nitrogens is 1. The van der Waals surface area contributed by atoms with E-state index in [1.54, 1.807) is 4.90 Å². The smallest absolute Gasteiger partial charge is 0.317 e. The maximum absolute atomic E-state index is 12.4. The summed E-state index contributed by atoms with van der Waals surface area (Å²) in [5, 5.41) is 9.82. The molecule has 2 N–H and O–H groups in total. The Morgan fingerprint density at radius 3 is 2.50 bits per heavy atom. The van der Waals surface area contributed by atoms with E-state index >= 15 is 0 Å². The SMILES string of the molecule is CCNC(=O)N1CC2(C1)CN(C(=O)c1cc(C(C)C)[nH]n1)C2. The highest BCUT2D eigenvalue weighted by molar-refractivity contribution is 5.93. The van der Waals surface area contributed by atoms with Crippen molar-refractivity contribution >= 4 is 11.9 Å². The summed E-state index contributed by atoms with van der Waals surface area (Å²) >= 11 is 0. The van der Waals surface area contributed by atoms with Gasteiger partial charge in [-0.05, 0) is 18.9 Å². The summed E-state index contributed by atoms with van der Waals surface area (Å²) in [6, 6.07) is 1.83. The number of likely N-dealkylation sites (tertiary alicyclic amines) is 2. The van der Waals surface area contributed by atoms with Gasteiger partial charge in [-0.2, -0.15) is 5.10 Å². The van der Waals surface area contributed by atoms with Crippen molar-refractivity contribution in [3.05, 3.63) is 17.5 Å². The fourth-order valence-electron chi connectivity index (χ4n) is 3.18. The number of urea groups is 1. The van der Waals surface area contributed by atoms with Gasteiger partial charge in [0, 0.05) is 43.8 Å². The number of carbonyl (C=O) groups is 2. The van der Waals surface area contributed by atoms with Gasteiger partial charge in [0.05, 0.1) is 0 Å². The third kappa shape index (κ3) is 2.44. The average Bonchev–Trinajstić information content (AvgIpc) is 2.85. The van der Waals surface area contributed by atoms with Gasteiger partial charge in [-0.1, -0.05) is 13.8 Å². The summed E-state index contributed by atoms with van der Waals surface area (Å²) in [6.07, 6.45) is 0. The van der Waals surface area contributed by atoms with Crippen LogP contribution in [0.25, 0.3) is 0 Å². The van der Waals surface area contributed by atoms with Crippen molar-refractivity contribution in [2.24, 2.45) is 5.41 Å². The minimum absolute atomic E-state index is 0.00761. The lowest BCUT2D eigenvalue weighted by Crippen LogP contribution is -2.74. The van der Waals surface area contributed by atoms with Gasteiger partial charge >= 0.3 is 6.03 Å². The van der Waals surface area contributed by atoms with Crippen molar-refractivity contribution in [3.8, 4) is 0 Å². The number of aromatic nitrogens is 2. The van der Waals surface area contributed by atoms with Crippen molar-refractivity contribution in [2.75, 3.05) is 32.7 Å². The molecular weight excluding hydrogens is 282 g/mol. The van der Waals surface area contributed by atoms with Gasteiger partial charge in [0.15, 0.2) is 0 Å². The first-order valence-electron chi connectivity index (χ1n) is 7.81.